The van der Waals surface area contributed by atoms with Gasteiger partial charge in [-0.25, -0.2) is 0 Å². The van der Waals surface area contributed by atoms with Crippen molar-refractivity contribution in [1.82, 2.24) is 4.90 Å². The Morgan fingerprint density at radius 1 is 1.58 bits per heavy atom. The van der Waals surface area contributed by atoms with Crippen molar-refractivity contribution < 1.29 is 14.3 Å². The normalized spacial score (nSPS) is 19.3. The lowest BCUT2D eigenvalue weighted by molar-refractivity contribution is -0.0226. The van der Waals surface area contributed by atoms with E-state index < -0.39 is 0 Å². The summed E-state index contributed by atoms with van der Waals surface area (Å²) in [6.45, 7) is 3.92. The van der Waals surface area contributed by atoms with Gasteiger partial charge in [-0.2, -0.15) is 0 Å². The third kappa shape index (κ3) is 2.98. The van der Waals surface area contributed by atoms with Crippen molar-refractivity contribution in [1.29, 1.82) is 0 Å². The van der Waals surface area contributed by atoms with Crippen molar-refractivity contribution in [3.63, 3.8) is 0 Å². The number of ether oxygens (including phenoxy) is 2. The van der Waals surface area contributed by atoms with E-state index in [9.17, 15) is 4.79 Å². The molecular formula is C14H20N2O3. The first-order valence-corrected chi connectivity index (χ1v) is 6.50. The second kappa shape index (κ2) is 5.93. The van der Waals surface area contributed by atoms with Crippen molar-refractivity contribution in [2.75, 3.05) is 32.5 Å². The van der Waals surface area contributed by atoms with E-state index in [1.807, 2.05) is 4.90 Å². The van der Waals surface area contributed by atoms with Gasteiger partial charge in [0.2, 0.25) is 0 Å². The average Bonchev–Trinajstić information content (AvgIpc) is 2.47. The van der Waals surface area contributed by atoms with E-state index >= 15 is 0 Å². The van der Waals surface area contributed by atoms with Gasteiger partial charge < -0.3 is 20.1 Å². The van der Waals surface area contributed by atoms with Gasteiger partial charge in [-0.15, -0.1) is 0 Å². The van der Waals surface area contributed by atoms with Gasteiger partial charge in [-0.3, -0.25) is 4.79 Å². The third-order valence-corrected chi connectivity index (χ3v) is 3.36. The molecule has 0 spiro atoms. The van der Waals surface area contributed by atoms with Crippen LogP contribution in [0.1, 0.15) is 23.7 Å². The van der Waals surface area contributed by atoms with Crippen LogP contribution in [0.4, 0.5) is 5.69 Å². The topological polar surface area (TPSA) is 64.8 Å². The highest BCUT2D eigenvalue weighted by molar-refractivity contribution is 5.95. The lowest BCUT2D eigenvalue weighted by Crippen LogP contribution is -2.45. The number of morpholine rings is 1. The van der Waals surface area contributed by atoms with Crippen LogP contribution < -0.4 is 10.5 Å². The Morgan fingerprint density at radius 3 is 3.05 bits per heavy atom. The third-order valence-electron chi connectivity index (χ3n) is 3.36. The SMILES string of the molecule is CCC1CN(C(=O)c2ccc(N)c(OC)c2)CCO1. The minimum Gasteiger partial charge on any atom is -0.495 e. The number of benzene rings is 1. The second-order valence-corrected chi connectivity index (χ2v) is 4.61. The van der Waals surface area contributed by atoms with Gasteiger partial charge >= 0.3 is 0 Å². The Bertz CT molecular complexity index is 462. The van der Waals surface area contributed by atoms with E-state index in [-0.39, 0.29) is 12.0 Å². The molecule has 1 aliphatic heterocycles. The molecular weight excluding hydrogens is 244 g/mol. The molecule has 0 saturated carbocycles. The molecule has 1 heterocycles. The van der Waals surface area contributed by atoms with Crippen molar-refractivity contribution in [2.45, 2.75) is 19.4 Å². The number of rotatable bonds is 3. The number of hydrogen-bond acceptors (Lipinski definition) is 4. The summed E-state index contributed by atoms with van der Waals surface area (Å²) in [6.07, 6.45) is 1.04. The van der Waals surface area contributed by atoms with Crippen LogP contribution >= 0.6 is 0 Å². The van der Waals surface area contributed by atoms with Gasteiger partial charge in [0.25, 0.3) is 5.91 Å². The van der Waals surface area contributed by atoms with E-state index in [0.717, 1.165) is 6.42 Å². The van der Waals surface area contributed by atoms with Gasteiger partial charge in [0.1, 0.15) is 5.75 Å². The standard InChI is InChI=1S/C14H20N2O3/c1-3-11-9-16(6-7-19-11)14(17)10-4-5-12(15)13(8-10)18-2/h4-5,8,11H,3,6-7,9,15H2,1-2H3. The highest BCUT2D eigenvalue weighted by atomic mass is 16.5. The second-order valence-electron chi connectivity index (χ2n) is 4.61. The summed E-state index contributed by atoms with van der Waals surface area (Å²) >= 11 is 0. The summed E-state index contributed by atoms with van der Waals surface area (Å²) in [5.74, 6) is 0.534. The minimum absolute atomic E-state index is 0.0000463. The van der Waals surface area contributed by atoms with E-state index in [1.165, 1.54) is 0 Å². The van der Waals surface area contributed by atoms with Crippen molar-refractivity contribution >= 4 is 11.6 Å². The molecule has 104 valence electrons. The summed E-state index contributed by atoms with van der Waals surface area (Å²) in [6, 6.07) is 5.12. The molecule has 1 saturated heterocycles. The molecule has 19 heavy (non-hydrogen) atoms. The fourth-order valence-corrected chi connectivity index (χ4v) is 2.18. The average molecular weight is 264 g/mol. The molecule has 2 N–H and O–H groups in total. The Morgan fingerprint density at radius 2 is 2.37 bits per heavy atom. The van der Waals surface area contributed by atoms with Crippen LogP contribution in [-0.2, 0) is 4.74 Å². The van der Waals surface area contributed by atoms with Gasteiger partial charge in [-0.05, 0) is 24.6 Å². The molecule has 5 nitrogen and oxygen atoms in total. The number of methoxy groups -OCH3 is 1. The Balaban J connectivity index is 2.14. The first-order valence-electron chi connectivity index (χ1n) is 6.50. The molecule has 1 aromatic rings. The summed E-state index contributed by atoms with van der Waals surface area (Å²) in [5, 5.41) is 0. The van der Waals surface area contributed by atoms with E-state index in [0.29, 0.717) is 36.7 Å². The van der Waals surface area contributed by atoms with Gasteiger partial charge in [0.15, 0.2) is 0 Å². The quantitative estimate of drug-likeness (QED) is 0.841. The van der Waals surface area contributed by atoms with Crippen molar-refractivity contribution in [2.24, 2.45) is 0 Å². The maximum absolute atomic E-state index is 12.4. The lowest BCUT2D eigenvalue weighted by atomic mass is 10.1. The van der Waals surface area contributed by atoms with Crippen LogP contribution in [0.15, 0.2) is 18.2 Å². The molecule has 2 rings (SSSR count). The van der Waals surface area contributed by atoms with Crippen LogP contribution in [0.3, 0.4) is 0 Å². The summed E-state index contributed by atoms with van der Waals surface area (Å²) in [5.41, 5.74) is 6.89. The first-order chi connectivity index (χ1) is 9.15. The lowest BCUT2D eigenvalue weighted by Gasteiger charge is -2.32. The molecule has 1 fully saturated rings. The van der Waals surface area contributed by atoms with Crippen molar-refractivity contribution in [3.8, 4) is 5.75 Å². The van der Waals surface area contributed by atoms with Crippen LogP contribution in [0.2, 0.25) is 0 Å². The monoisotopic (exact) mass is 264 g/mol. The van der Waals surface area contributed by atoms with Gasteiger partial charge in [0.05, 0.1) is 25.5 Å². The first kappa shape index (κ1) is 13.7. The molecule has 1 aromatic carbocycles. The number of nitrogens with two attached hydrogens (primary N) is 1. The zero-order valence-corrected chi connectivity index (χ0v) is 11.4. The highest BCUT2D eigenvalue weighted by Crippen LogP contribution is 2.23. The predicted molar refractivity (Wildman–Crippen MR) is 73.3 cm³/mol. The van der Waals surface area contributed by atoms with Gasteiger partial charge in [-0.1, -0.05) is 6.92 Å². The molecule has 0 aromatic heterocycles. The summed E-state index contributed by atoms with van der Waals surface area (Å²) in [4.78, 5) is 14.2. The van der Waals surface area contributed by atoms with Crippen LogP contribution in [0.25, 0.3) is 0 Å². The molecule has 0 radical (unpaired) electrons. The molecule has 5 heteroatoms. The summed E-state index contributed by atoms with van der Waals surface area (Å²) < 4.78 is 10.7. The molecule has 1 aliphatic rings. The molecule has 1 atom stereocenters. The maximum atomic E-state index is 12.4. The number of hydrogen-bond donors (Lipinski definition) is 1. The molecule has 1 amide bonds. The number of carbonyl (C=O) groups is 1. The fraction of sp³-hybridized carbons (Fsp3) is 0.500. The van der Waals surface area contributed by atoms with Gasteiger partial charge in [0, 0.05) is 18.7 Å². The Hall–Kier alpha value is -1.75. The molecule has 0 bridgehead atoms. The predicted octanol–water partition coefficient (Wildman–Crippen LogP) is 1.53. The maximum Gasteiger partial charge on any atom is 0.254 e. The van der Waals surface area contributed by atoms with Crippen LogP contribution in [0.5, 0.6) is 5.75 Å². The van der Waals surface area contributed by atoms with Crippen LogP contribution in [-0.4, -0.2) is 43.7 Å². The number of nitrogens with zero attached hydrogens (tertiary/aromatic N) is 1. The zero-order valence-electron chi connectivity index (χ0n) is 11.4. The Labute approximate surface area is 113 Å². The number of anilines is 1. The minimum atomic E-state index is 0.0000463. The number of amides is 1. The zero-order chi connectivity index (χ0) is 13.8. The smallest absolute Gasteiger partial charge is 0.254 e. The Kier molecular flexibility index (Phi) is 4.27. The van der Waals surface area contributed by atoms with Crippen molar-refractivity contribution in [3.05, 3.63) is 23.8 Å². The van der Waals surface area contributed by atoms with Crippen LogP contribution in [0, 0.1) is 0 Å². The molecule has 0 aliphatic carbocycles. The number of carbonyl (C=O) groups excluding carboxylic acids is 1. The fourth-order valence-electron chi connectivity index (χ4n) is 2.18. The van der Waals surface area contributed by atoms with E-state index in [1.54, 1.807) is 25.3 Å². The molecule has 1 unspecified atom stereocenters. The van der Waals surface area contributed by atoms with E-state index in [4.69, 9.17) is 15.2 Å². The summed E-state index contributed by atoms with van der Waals surface area (Å²) in [7, 11) is 1.54. The largest absolute Gasteiger partial charge is 0.495 e. The number of nitrogen functional groups attached to an aromatic ring is 1. The van der Waals surface area contributed by atoms with E-state index in [2.05, 4.69) is 6.92 Å². The highest BCUT2D eigenvalue weighted by Gasteiger charge is 2.24.